The second kappa shape index (κ2) is 5.01. The summed E-state index contributed by atoms with van der Waals surface area (Å²) in [6.45, 7) is 1.39. The number of ketones is 1. The minimum Gasteiger partial charge on any atom is -0.464 e. The molecule has 0 radical (unpaired) electrons. The van der Waals surface area contributed by atoms with Gasteiger partial charge in [0, 0.05) is 18.7 Å². The van der Waals surface area contributed by atoms with Gasteiger partial charge in [0.25, 0.3) is 0 Å². The average molecular weight is 260 g/mol. The minimum atomic E-state index is -0.649. The molecule has 98 valence electrons. The molecule has 1 heterocycles. The molecule has 0 aromatic heterocycles. The van der Waals surface area contributed by atoms with Crippen LogP contribution in [0, 0.1) is 5.92 Å². The van der Waals surface area contributed by atoms with E-state index in [0.717, 1.165) is 6.08 Å². The molecule has 1 amide bonds. The van der Waals surface area contributed by atoms with Gasteiger partial charge < -0.3 is 10.1 Å². The number of methoxy groups -OCH3 is 1. The van der Waals surface area contributed by atoms with Crippen molar-refractivity contribution >= 4 is 23.4 Å². The standard InChI is InChI=1S/C13H12N2O4/c1-7(16)14-8-3-4-10-9(5-8)12(17)6-11(15-10)13(18)19-2/h3-6,9H,1-2H3,(H,14,16). The van der Waals surface area contributed by atoms with Gasteiger partial charge in [-0.3, -0.25) is 9.59 Å². The van der Waals surface area contributed by atoms with Gasteiger partial charge in [-0.05, 0) is 18.2 Å². The maximum absolute atomic E-state index is 11.9. The fraction of sp³-hybridized carbons (Fsp3) is 0.231. The molecule has 1 unspecified atom stereocenters. The van der Waals surface area contributed by atoms with Gasteiger partial charge >= 0.3 is 5.97 Å². The Morgan fingerprint density at radius 2 is 2.11 bits per heavy atom. The van der Waals surface area contributed by atoms with Gasteiger partial charge in [-0.15, -0.1) is 0 Å². The lowest BCUT2D eigenvalue weighted by atomic mass is 9.90. The number of amides is 1. The third kappa shape index (κ3) is 2.67. The van der Waals surface area contributed by atoms with Crippen molar-refractivity contribution in [3.8, 4) is 0 Å². The molecule has 2 aliphatic rings. The van der Waals surface area contributed by atoms with Gasteiger partial charge in [-0.2, -0.15) is 0 Å². The number of carbonyl (C=O) groups excluding carboxylic acids is 3. The van der Waals surface area contributed by atoms with Crippen LogP contribution in [0.2, 0.25) is 0 Å². The Morgan fingerprint density at radius 3 is 2.74 bits per heavy atom. The predicted molar refractivity (Wildman–Crippen MR) is 67.1 cm³/mol. The normalized spacial score (nSPS) is 20.8. The number of hydrogen-bond acceptors (Lipinski definition) is 5. The molecule has 6 heteroatoms. The van der Waals surface area contributed by atoms with Crippen LogP contribution in [0.4, 0.5) is 0 Å². The molecule has 2 rings (SSSR count). The van der Waals surface area contributed by atoms with Crippen molar-refractivity contribution < 1.29 is 19.1 Å². The van der Waals surface area contributed by atoms with Crippen molar-refractivity contribution in [2.24, 2.45) is 10.9 Å². The van der Waals surface area contributed by atoms with Crippen molar-refractivity contribution in [2.45, 2.75) is 6.92 Å². The molecule has 1 N–H and O–H groups in total. The van der Waals surface area contributed by atoms with Crippen LogP contribution in [0.15, 0.2) is 40.7 Å². The van der Waals surface area contributed by atoms with Crippen LogP contribution in [0.3, 0.4) is 0 Å². The zero-order valence-electron chi connectivity index (χ0n) is 10.5. The van der Waals surface area contributed by atoms with Crippen LogP contribution in [0.1, 0.15) is 6.92 Å². The highest BCUT2D eigenvalue weighted by Gasteiger charge is 2.29. The van der Waals surface area contributed by atoms with Crippen LogP contribution >= 0.6 is 0 Å². The monoisotopic (exact) mass is 260 g/mol. The predicted octanol–water partition coefficient (Wildman–Crippen LogP) is 0.273. The number of ether oxygens (including phenoxy) is 1. The van der Waals surface area contributed by atoms with Crippen molar-refractivity contribution in [1.29, 1.82) is 0 Å². The molecular weight excluding hydrogens is 248 g/mol. The fourth-order valence-corrected chi connectivity index (χ4v) is 1.83. The largest absolute Gasteiger partial charge is 0.464 e. The molecule has 0 saturated heterocycles. The van der Waals surface area contributed by atoms with E-state index in [1.807, 2.05) is 0 Å². The van der Waals surface area contributed by atoms with E-state index in [1.54, 1.807) is 18.2 Å². The average Bonchev–Trinajstić information content (AvgIpc) is 2.37. The summed E-state index contributed by atoms with van der Waals surface area (Å²) in [5.41, 5.74) is 0.987. The van der Waals surface area contributed by atoms with E-state index in [1.165, 1.54) is 14.0 Å². The summed E-state index contributed by atoms with van der Waals surface area (Å²) in [5, 5.41) is 2.60. The third-order valence-corrected chi connectivity index (χ3v) is 2.65. The molecule has 19 heavy (non-hydrogen) atoms. The van der Waals surface area contributed by atoms with Crippen LogP contribution in [-0.4, -0.2) is 30.5 Å². The number of aliphatic imine (C=N–C) groups is 1. The van der Waals surface area contributed by atoms with Crippen molar-refractivity contribution in [3.05, 3.63) is 35.7 Å². The minimum absolute atomic E-state index is 0.0141. The molecule has 6 nitrogen and oxygen atoms in total. The molecule has 1 atom stereocenters. The highest BCUT2D eigenvalue weighted by Crippen LogP contribution is 2.22. The van der Waals surface area contributed by atoms with E-state index in [0.29, 0.717) is 11.4 Å². The van der Waals surface area contributed by atoms with E-state index in [-0.39, 0.29) is 17.4 Å². The number of esters is 1. The molecule has 0 fully saturated rings. The summed E-state index contributed by atoms with van der Waals surface area (Å²) < 4.78 is 4.53. The van der Waals surface area contributed by atoms with Crippen molar-refractivity contribution in [2.75, 3.05) is 7.11 Å². The van der Waals surface area contributed by atoms with Gasteiger partial charge in [0.1, 0.15) is 0 Å². The number of carbonyl (C=O) groups is 3. The van der Waals surface area contributed by atoms with E-state index in [9.17, 15) is 14.4 Å². The van der Waals surface area contributed by atoms with Crippen LogP contribution in [-0.2, 0) is 19.1 Å². The van der Waals surface area contributed by atoms with Gasteiger partial charge in [-0.1, -0.05) is 0 Å². The fourth-order valence-electron chi connectivity index (χ4n) is 1.83. The molecule has 0 saturated carbocycles. The Balaban J connectivity index is 2.27. The van der Waals surface area contributed by atoms with Gasteiger partial charge in [0.2, 0.25) is 5.91 Å². The number of rotatable bonds is 2. The summed E-state index contributed by atoms with van der Waals surface area (Å²) >= 11 is 0. The van der Waals surface area contributed by atoms with E-state index < -0.39 is 11.9 Å². The lowest BCUT2D eigenvalue weighted by molar-refractivity contribution is -0.136. The van der Waals surface area contributed by atoms with Crippen LogP contribution < -0.4 is 5.32 Å². The van der Waals surface area contributed by atoms with Gasteiger partial charge in [0.15, 0.2) is 11.5 Å². The molecule has 0 spiro atoms. The zero-order chi connectivity index (χ0) is 14.0. The lowest BCUT2D eigenvalue weighted by Gasteiger charge is -2.20. The van der Waals surface area contributed by atoms with E-state index in [2.05, 4.69) is 15.0 Å². The van der Waals surface area contributed by atoms with E-state index >= 15 is 0 Å². The number of hydrogen-bond donors (Lipinski definition) is 1. The molecular formula is C13H12N2O4. The second-order valence-corrected chi connectivity index (χ2v) is 4.07. The lowest BCUT2D eigenvalue weighted by Crippen LogP contribution is -2.30. The van der Waals surface area contributed by atoms with Crippen molar-refractivity contribution in [3.63, 3.8) is 0 Å². The SMILES string of the molecule is COC(=O)C1=CC(=O)C2C=C(NC(C)=O)C=CC2=N1. The smallest absolute Gasteiger partial charge is 0.356 e. The Morgan fingerprint density at radius 1 is 1.37 bits per heavy atom. The number of nitrogens with one attached hydrogen (secondary N) is 1. The molecule has 1 aliphatic heterocycles. The Labute approximate surface area is 109 Å². The second-order valence-electron chi connectivity index (χ2n) is 4.07. The first kappa shape index (κ1) is 12.9. The Kier molecular flexibility index (Phi) is 3.41. The number of fused-ring (bicyclic) bond motifs is 1. The molecule has 0 aromatic rings. The summed E-state index contributed by atoms with van der Waals surface area (Å²) in [5.74, 6) is -1.70. The summed E-state index contributed by atoms with van der Waals surface area (Å²) in [6, 6.07) is 0. The molecule has 0 aromatic carbocycles. The first-order valence-corrected chi connectivity index (χ1v) is 5.61. The Bertz CT molecular complexity index is 581. The quantitative estimate of drug-likeness (QED) is 0.722. The topological polar surface area (TPSA) is 84.8 Å². The summed E-state index contributed by atoms with van der Waals surface area (Å²) in [4.78, 5) is 38.3. The highest BCUT2D eigenvalue weighted by molar-refractivity contribution is 6.21. The first-order valence-electron chi connectivity index (χ1n) is 5.61. The first-order chi connectivity index (χ1) is 9.01. The highest BCUT2D eigenvalue weighted by atomic mass is 16.5. The van der Waals surface area contributed by atoms with Gasteiger partial charge in [0.05, 0.1) is 18.7 Å². The molecule has 1 aliphatic carbocycles. The number of allylic oxidation sites excluding steroid dienone is 4. The van der Waals surface area contributed by atoms with Crippen molar-refractivity contribution in [1.82, 2.24) is 5.32 Å². The van der Waals surface area contributed by atoms with Gasteiger partial charge in [-0.25, -0.2) is 9.79 Å². The maximum Gasteiger partial charge on any atom is 0.356 e. The Hall–Kier alpha value is -2.50. The van der Waals surface area contributed by atoms with Crippen LogP contribution in [0.25, 0.3) is 0 Å². The molecule has 0 bridgehead atoms. The zero-order valence-corrected chi connectivity index (χ0v) is 10.5. The third-order valence-electron chi connectivity index (χ3n) is 2.65. The van der Waals surface area contributed by atoms with Crippen LogP contribution in [0.5, 0.6) is 0 Å². The number of nitrogens with zero attached hydrogens (tertiary/aromatic N) is 1. The summed E-state index contributed by atoms with van der Waals surface area (Å²) in [6.07, 6.45) is 5.99. The van der Waals surface area contributed by atoms with E-state index in [4.69, 9.17) is 0 Å². The summed E-state index contributed by atoms with van der Waals surface area (Å²) in [7, 11) is 1.23. The maximum atomic E-state index is 11.9.